The first-order chi connectivity index (χ1) is 12.6. The molecule has 0 aliphatic carbocycles. The molecular weight excluding hydrogens is 348 g/mol. The zero-order valence-electron chi connectivity index (χ0n) is 14.3. The van der Waals surface area contributed by atoms with Crippen molar-refractivity contribution in [3.8, 4) is 0 Å². The third kappa shape index (κ3) is 3.94. The fourth-order valence-electron chi connectivity index (χ4n) is 2.48. The second kappa shape index (κ2) is 7.88. The van der Waals surface area contributed by atoms with Crippen molar-refractivity contribution in [1.29, 1.82) is 0 Å². The summed E-state index contributed by atoms with van der Waals surface area (Å²) in [5, 5.41) is 0. The smallest absolute Gasteiger partial charge is 0.265 e. The Morgan fingerprint density at radius 2 is 1.54 bits per heavy atom. The Balaban J connectivity index is 1.76. The first-order valence-electron chi connectivity index (χ1n) is 8.22. The molecule has 2 N–H and O–H groups in total. The predicted octanol–water partition coefficient (Wildman–Crippen LogP) is 3.74. The van der Waals surface area contributed by atoms with Gasteiger partial charge in [0.2, 0.25) is 0 Å². The van der Waals surface area contributed by atoms with Crippen LogP contribution < -0.4 is 15.2 Å². The maximum Gasteiger partial charge on any atom is 0.265 e. The van der Waals surface area contributed by atoms with Gasteiger partial charge in [0.15, 0.2) is 0 Å². The van der Waals surface area contributed by atoms with E-state index in [1.165, 1.54) is 10.5 Å². The van der Waals surface area contributed by atoms with Crippen LogP contribution in [0.2, 0.25) is 0 Å². The van der Waals surface area contributed by atoms with E-state index in [9.17, 15) is 8.42 Å². The van der Waals surface area contributed by atoms with Crippen molar-refractivity contribution >= 4 is 27.2 Å². The number of sulfonamides is 1. The first-order valence-corrected chi connectivity index (χ1v) is 9.66. The van der Waals surface area contributed by atoms with E-state index in [1.807, 2.05) is 48.5 Å². The summed E-state index contributed by atoms with van der Waals surface area (Å²) in [5.74, 6) is 0.524. The number of nitrogens with zero attached hydrogens (tertiary/aromatic N) is 2. The van der Waals surface area contributed by atoms with Gasteiger partial charge in [0.1, 0.15) is 10.7 Å². The molecule has 0 amide bonds. The number of pyridine rings is 1. The summed E-state index contributed by atoms with van der Waals surface area (Å²) in [6, 6.07) is 21.8. The zero-order valence-corrected chi connectivity index (χ0v) is 15.1. The van der Waals surface area contributed by atoms with Crippen molar-refractivity contribution in [3.05, 3.63) is 79.0 Å². The van der Waals surface area contributed by atoms with Crippen LogP contribution in [0.3, 0.4) is 0 Å². The molecule has 26 heavy (non-hydrogen) atoms. The van der Waals surface area contributed by atoms with Crippen molar-refractivity contribution in [3.63, 3.8) is 0 Å². The molecule has 0 aliphatic rings. The van der Waals surface area contributed by atoms with Crippen molar-refractivity contribution in [2.45, 2.75) is 11.8 Å². The lowest BCUT2D eigenvalue weighted by atomic mass is 10.3. The zero-order chi connectivity index (χ0) is 18.4. The van der Waals surface area contributed by atoms with Gasteiger partial charge in [0.25, 0.3) is 10.0 Å². The average Bonchev–Trinajstić information content (AvgIpc) is 2.69. The molecule has 1 heterocycles. The summed E-state index contributed by atoms with van der Waals surface area (Å²) < 4.78 is 27.2. The van der Waals surface area contributed by atoms with E-state index >= 15 is 0 Å². The number of benzene rings is 2. The molecule has 0 radical (unpaired) electrons. The SMILES string of the molecule is CCN(c1ccccc1)S(=O)(=O)c1ccc(NNc2ccccc2)nc1. The van der Waals surface area contributed by atoms with Gasteiger partial charge >= 0.3 is 0 Å². The molecule has 0 atom stereocenters. The quantitative estimate of drug-likeness (QED) is 0.622. The minimum atomic E-state index is -3.67. The van der Waals surface area contributed by atoms with E-state index in [0.29, 0.717) is 18.1 Å². The number of anilines is 3. The van der Waals surface area contributed by atoms with Crippen LogP contribution in [0.15, 0.2) is 83.9 Å². The second-order valence-corrected chi connectivity index (χ2v) is 7.36. The minimum absolute atomic E-state index is 0.147. The molecule has 0 spiro atoms. The van der Waals surface area contributed by atoms with Gasteiger partial charge in [0, 0.05) is 12.7 Å². The Morgan fingerprint density at radius 3 is 2.12 bits per heavy atom. The fraction of sp³-hybridized carbons (Fsp3) is 0.105. The van der Waals surface area contributed by atoms with Crippen LogP contribution in [-0.4, -0.2) is 19.9 Å². The topological polar surface area (TPSA) is 74.3 Å². The Kier molecular flexibility index (Phi) is 5.38. The van der Waals surface area contributed by atoms with Gasteiger partial charge in [-0.1, -0.05) is 36.4 Å². The number of hydrazine groups is 1. The van der Waals surface area contributed by atoms with E-state index in [0.717, 1.165) is 5.69 Å². The Labute approximate surface area is 153 Å². The fourth-order valence-corrected chi connectivity index (χ4v) is 3.90. The molecule has 0 bridgehead atoms. The Morgan fingerprint density at radius 1 is 0.885 bits per heavy atom. The lowest BCUT2D eigenvalue weighted by molar-refractivity contribution is 0.591. The second-order valence-electron chi connectivity index (χ2n) is 5.50. The molecule has 0 fully saturated rings. The summed E-state index contributed by atoms with van der Waals surface area (Å²) in [7, 11) is -3.67. The molecular formula is C19H20N4O2S. The van der Waals surface area contributed by atoms with Gasteiger partial charge in [-0.3, -0.25) is 15.2 Å². The number of aromatic nitrogens is 1. The number of rotatable bonds is 7. The summed E-state index contributed by atoms with van der Waals surface area (Å²) in [6.45, 7) is 2.14. The molecule has 0 unspecified atom stereocenters. The van der Waals surface area contributed by atoms with Gasteiger partial charge in [-0.25, -0.2) is 13.4 Å². The molecule has 1 aromatic heterocycles. The van der Waals surface area contributed by atoms with Crippen LogP contribution in [0.25, 0.3) is 0 Å². The lowest BCUT2D eigenvalue weighted by Crippen LogP contribution is -2.30. The van der Waals surface area contributed by atoms with Gasteiger partial charge in [-0.05, 0) is 43.3 Å². The third-order valence-electron chi connectivity index (χ3n) is 3.76. The van der Waals surface area contributed by atoms with Gasteiger partial charge in [-0.2, -0.15) is 0 Å². The van der Waals surface area contributed by atoms with Crippen LogP contribution in [-0.2, 0) is 10.0 Å². The van der Waals surface area contributed by atoms with Crippen molar-refractivity contribution in [2.24, 2.45) is 0 Å². The molecule has 3 aromatic rings. The highest BCUT2D eigenvalue weighted by atomic mass is 32.2. The van der Waals surface area contributed by atoms with Crippen molar-refractivity contribution in [2.75, 3.05) is 21.7 Å². The predicted molar refractivity (Wildman–Crippen MR) is 105 cm³/mol. The maximum absolute atomic E-state index is 12.9. The molecule has 3 rings (SSSR count). The van der Waals surface area contributed by atoms with Gasteiger partial charge in [0.05, 0.1) is 11.4 Å². The largest absolute Gasteiger partial charge is 0.300 e. The molecule has 0 saturated carbocycles. The highest BCUT2D eigenvalue weighted by Crippen LogP contribution is 2.23. The van der Waals surface area contributed by atoms with Crippen molar-refractivity contribution in [1.82, 2.24) is 4.98 Å². The molecule has 2 aromatic carbocycles. The average molecular weight is 368 g/mol. The monoisotopic (exact) mass is 368 g/mol. The molecule has 0 aliphatic heterocycles. The van der Waals surface area contributed by atoms with Crippen molar-refractivity contribution < 1.29 is 8.42 Å². The third-order valence-corrected chi connectivity index (χ3v) is 5.65. The number of nitrogens with one attached hydrogen (secondary N) is 2. The van der Waals surface area contributed by atoms with E-state index in [1.54, 1.807) is 31.2 Å². The summed E-state index contributed by atoms with van der Waals surface area (Å²) >= 11 is 0. The number of hydrogen-bond acceptors (Lipinski definition) is 5. The first kappa shape index (κ1) is 17.8. The summed E-state index contributed by atoms with van der Waals surface area (Å²) in [6.07, 6.45) is 1.36. The minimum Gasteiger partial charge on any atom is -0.300 e. The van der Waals surface area contributed by atoms with Crippen LogP contribution in [0.5, 0.6) is 0 Å². The number of para-hydroxylation sites is 2. The van der Waals surface area contributed by atoms with E-state index < -0.39 is 10.0 Å². The summed E-state index contributed by atoms with van der Waals surface area (Å²) in [5.41, 5.74) is 7.46. The molecule has 6 nitrogen and oxygen atoms in total. The number of hydrogen-bond donors (Lipinski definition) is 2. The molecule has 134 valence electrons. The standard InChI is InChI=1S/C19H20N4O2S/c1-2-23(17-11-7-4-8-12-17)26(24,25)18-13-14-19(20-15-18)22-21-16-9-5-3-6-10-16/h3-15,21H,2H2,1H3,(H,20,22). The van der Waals surface area contributed by atoms with Crippen LogP contribution in [0, 0.1) is 0 Å². The Hall–Kier alpha value is -3.06. The van der Waals surface area contributed by atoms with E-state index in [2.05, 4.69) is 15.8 Å². The lowest BCUT2D eigenvalue weighted by Gasteiger charge is -2.22. The van der Waals surface area contributed by atoms with Crippen LogP contribution in [0.1, 0.15) is 6.92 Å². The Bertz CT molecular complexity index is 930. The molecule has 7 heteroatoms. The van der Waals surface area contributed by atoms with Gasteiger partial charge in [-0.15, -0.1) is 0 Å². The normalized spacial score (nSPS) is 11.0. The molecule has 0 saturated heterocycles. The highest BCUT2D eigenvalue weighted by molar-refractivity contribution is 7.92. The van der Waals surface area contributed by atoms with Gasteiger partial charge < -0.3 is 0 Å². The van der Waals surface area contributed by atoms with E-state index in [4.69, 9.17) is 0 Å². The summed E-state index contributed by atoms with van der Waals surface area (Å²) in [4.78, 5) is 4.34. The highest BCUT2D eigenvalue weighted by Gasteiger charge is 2.23. The van der Waals surface area contributed by atoms with E-state index in [-0.39, 0.29) is 4.90 Å². The maximum atomic E-state index is 12.9. The van der Waals surface area contributed by atoms with Crippen LogP contribution >= 0.6 is 0 Å². The van der Waals surface area contributed by atoms with Crippen LogP contribution in [0.4, 0.5) is 17.2 Å².